The molecule has 2 aromatic rings. The van der Waals surface area contributed by atoms with Gasteiger partial charge in [-0.25, -0.2) is 0 Å². The third-order valence-electron chi connectivity index (χ3n) is 2.64. The van der Waals surface area contributed by atoms with E-state index in [2.05, 4.69) is 36.2 Å². The highest BCUT2D eigenvalue weighted by molar-refractivity contribution is 5.94. The molecule has 0 radical (unpaired) electrons. The van der Waals surface area contributed by atoms with Crippen LogP contribution in [0.25, 0.3) is 17.0 Å². The predicted molar refractivity (Wildman–Crippen MR) is 57.6 cm³/mol. The van der Waals surface area contributed by atoms with Crippen molar-refractivity contribution >= 4 is 17.0 Å². The Morgan fingerprint density at radius 3 is 3.21 bits per heavy atom. The summed E-state index contributed by atoms with van der Waals surface area (Å²) in [7, 11) is 0. The quantitative estimate of drug-likeness (QED) is 0.670. The van der Waals surface area contributed by atoms with Crippen LogP contribution in [-0.2, 0) is 0 Å². The van der Waals surface area contributed by atoms with Crippen molar-refractivity contribution in [3.8, 4) is 5.88 Å². The molecule has 1 aromatic heterocycles. The minimum atomic E-state index is 0.666. The molecule has 2 heterocycles. The summed E-state index contributed by atoms with van der Waals surface area (Å²) in [6.07, 6.45) is 4.17. The zero-order chi connectivity index (χ0) is 9.54. The highest BCUT2D eigenvalue weighted by Gasteiger charge is 2.13. The van der Waals surface area contributed by atoms with E-state index in [9.17, 15) is 0 Å². The average Bonchev–Trinajstić information content (AvgIpc) is 2.57. The molecule has 0 aliphatic carbocycles. The molecule has 0 amide bonds. The van der Waals surface area contributed by atoms with Gasteiger partial charge < -0.3 is 9.72 Å². The van der Waals surface area contributed by atoms with Gasteiger partial charge in [-0.05, 0) is 30.7 Å². The first-order chi connectivity index (χ1) is 6.86. The number of benzene rings is 1. The molecule has 0 fully saturated rings. The van der Waals surface area contributed by atoms with Crippen LogP contribution in [0.3, 0.4) is 0 Å². The fourth-order valence-corrected chi connectivity index (χ4v) is 2.00. The number of aromatic amines is 1. The van der Waals surface area contributed by atoms with Crippen LogP contribution in [0.2, 0.25) is 0 Å². The van der Waals surface area contributed by atoms with Crippen molar-refractivity contribution in [2.75, 3.05) is 6.61 Å². The Morgan fingerprint density at radius 2 is 2.29 bits per heavy atom. The molecule has 0 atom stereocenters. The fourth-order valence-electron chi connectivity index (χ4n) is 2.00. The number of nitrogens with one attached hydrogen (secondary N) is 1. The van der Waals surface area contributed by atoms with Gasteiger partial charge in [0.05, 0.1) is 0 Å². The molecule has 1 N–H and O–H groups in total. The Hall–Kier alpha value is -1.70. The second-order valence-electron chi connectivity index (χ2n) is 3.58. The van der Waals surface area contributed by atoms with Crippen LogP contribution in [0.15, 0.2) is 24.3 Å². The van der Waals surface area contributed by atoms with Gasteiger partial charge in [0.2, 0.25) is 0 Å². The lowest BCUT2D eigenvalue weighted by Crippen LogP contribution is -1.98. The van der Waals surface area contributed by atoms with Crippen molar-refractivity contribution in [3.63, 3.8) is 0 Å². The van der Waals surface area contributed by atoms with Crippen molar-refractivity contribution in [2.45, 2.75) is 6.92 Å². The molecule has 0 unspecified atom stereocenters. The van der Waals surface area contributed by atoms with Crippen LogP contribution in [0, 0.1) is 6.92 Å². The van der Waals surface area contributed by atoms with E-state index >= 15 is 0 Å². The molecule has 1 aliphatic heterocycles. The fraction of sp³-hybridized carbons (Fsp3) is 0.167. The van der Waals surface area contributed by atoms with E-state index in [1.807, 2.05) is 6.08 Å². The van der Waals surface area contributed by atoms with Gasteiger partial charge in [0, 0.05) is 16.5 Å². The summed E-state index contributed by atoms with van der Waals surface area (Å²) in [6.45, 7) is 2.79. The van der Waals surface area contributed by atoms with Crippen molar-refractivity contribution < 1.29 is 4.74 Å². The molecule has 2 nitrogen and oxygen atoms in total. The Morgan fingerprint density at radius 1 is 1.36 bits per heavy atom. The zero-order valence-corrected chi connectivity index (χ0v) is 8.00. The van der Waals surface area contributed by atoms with Crippen LogP contribution in [0.4, 0.5) is 0 Å². The molecule has 3 rings (SSSR count). The predicted octanol–water partition coefficient (Wildman–Crippen LogP) is 2.88. The van der Waals surface area contributed by atoms with Gasteiger partial charge in [-0.3, -0.25) is 0 Å². The lowest BCUT2D eigenvalue weighted by molar-refractivity contribution is 0.347. The van der Waals surface area contributed by atoms with E-state index in [-0.39, 0.29) is 0 Å². The largest absolute Gasteiger partial charge is 0.474 e. The van der Waals surface area contributed by atoms with E-state index in [1.54, 1.807) is 0 Å². The topological polar surface area (TPSA) is 25.0 Å². The smallest absolute Gasteiger partial charge is 0.199 e. The Kier molecular flexibility index (Phi) is 1.45. The van der Waals surface area contributed by atoms with Gasteiger partial charge in [0.25, 0.3) is 0 Å². The molecule has 1 aromatic carbocycles. The van der Waals surface area contributed by atoms with Crippen molar-refractivity contribution in [1.82, 2.24) is 4.98 Å². The van der Waals surface area contributed by atoms with E-state index in [4.69, 9.17) is 4.74 Å². The van der Waals surface area contributed by atoms with Crippen LogP contribution in [0.5, 0.6) is 5.88 Å². The number of hydrogen-bond acceptors (Lipinski definition) is 1. The maximum absolute atomic E-state index is 5.52. The summed E-state index contributed by atoms with van der Waals surface area (Å²) in [4.78, 5) is 3.28. The second kappa shape index (κ2) is 2.64. The number of aryl methyl sites for hydroxylation is 1. The average molecular weight is 185 g/mol. The number of fused-ring (bicyclic) bond motifs is 3. The SMILES string of the molecule is Cc1cccc2[nH]c3c(c12)C=CCO3. The Bertz CT molecular complexity index is 522. The first-order valence-electron chi connectivity index (χ1n) is 4.77. The number of rotatable bonds is 0. The minimum absolute atomic E-state index is 0.666. The maximum atomic E-state index is 5.52. The zero-order valence-electron chi connectivity index (χ0n) is 8.00. The summed E-state index contributed by atoms with van der Waals surface area (Å²) in [5, 5.41) is 1.28. The monoisotopic (exact) mass is 185 g/mol. The first-order valence-corrected chi connectivity index (χ1v) is 4.77. The van der Waals surface area contributed by atoms with Crippen molar-refractivity contribution in [3.05, 3.63) is 35.4 Å². The molecule has 14 heavy (non-hydrogen) atoms. The van der Waals surface area contributed by atoms with Gasteiger partial charge in [-0.1, -0.05) is 12.1 Å². The molecule has 0 saturated carbocycles. The van der Waals surface area contributed by atoms with Gasteiger partial charge in [0.15, 0.2) is 5.88 Å². The third kappa shape index (κ3) is 0.909. The normalized spacial score (nSPS) is 14.1. The molecule has 2 heteroatoms. The summed E-state index contributed by atoms with van der Waals surface area (Å²) in [5.74, 6) is 0.900. The Balaban J connectivity index is 2.45. The molecule has 0 bridgehead atoms. The number of H-pyrrole nitrogens is 1. The summed E-state index contributed by atoms with van der Waals surface area (Å²) >= 11 is 0. The van der Waals surface area contributed by atoms with Gasteiger partial charge in [-0.2, -0.15) is 0 Å². The standard InChI is InChI=1S/C12H11NO/c1-8-4-2-6-10-11(8)9-5-3-7-14-12(9)13-10/h2-6,13H,7H2,1H3. The highest BCUT2D eigenvalue weighted by atomic mass is 16.5. The molecule has 1 aliphatic rings. The van der Waals surface area contributed by atoms with Gasteiger partial charge in [-0.15, -0.1) is 0 Å². The summed E-state index contributed by atoms with van der Waals surface area (Å²) in [6, 6.07) is 6.26. The maximum Gasteiger partial charge on any atom is 0.199 e. The number of aromatic nitrogens is 1. The van der Waals surface area contributed by atoms with Gasteiger partial charge in [0.1, 0.15) is 6.61 Å². The summed E-state index contributed by atoms with van der Waals surface area (Å²) in [5.41, 5.74) is 3.63. The third-order valence-corrected chi connectivity index (χ3v) is 2.64. The second-order valence-corrected chi connectivity index (χ2v) is 3.58. The van der Waals surface area contributed by atoms with E-state index in [1.165, 1.54) is 16.5 Å². The minimum Gasteiger partial charge on any atom is -0.474 e. The van der Waals surface area contributed by atoms with Crippen LogP contribution >= 0.6 is 0 Å². The molecule has 0 saturated heterocycles. The van der Waals surface area contributed by atoms with Crippen LogP contribution in [-0.4, -0.2) is 11.6 Å². The molecule has 70 valence electrons. The molecular formula is C12H11NO. The molecule has 0 spiro atoms. The van der Waals surface area contributed by atoms with Crippen LogP contribution < -0.4 is 4.74 Å². The first kappa shape index (κ1) is 7.68. The van der Waals surface area contributed by atoms with Crippen molar-refractivity contribution in [1.29, 1.82) is 0 Å². The highest BCUT2D eigenvalue weighted by Crippen LogP contribution is 2.33. The lowest BCUT2D eigenvalue weighted by Gasteiger charge is -2.06. The van der Waals surface area contributed by atoms with Gasteiger partial charge >= 0.3 is 0 Å². The lowest BCUT2D eigenvalue weighted by atomic mass is 10.1. The Labute approximate surface area is 82.2 Å². The van der Waals surface area contributed by atoms with E-state index in [0.29, 0.717) is 6.61 Å². The van der Waals surface area contributed by atoms with E-state index < -0.39 is 0 Å². The number of hydrogen-bond donors (Lipinski definition) is 1. The van der Waals surface area contributed by atoms with Crippen molar-refractivity contribution in [2.24, 2.45) is 0 Å². The summed E-state index contributed by atoms with van der Waals surface area (Å²) < 4.78 is 5.52. The molecular weight excluding hydrogens is 174 g/mol. The van der Waals surface area contributed by atoms with Crippen LogP contribution in [0.1, 0.15) is 11.1 Å². The number of ether oxygens (including phenoxy) is 1. The van der Waals surface area contributed by atoms with E-state index in [0.717, 1.165) is 11.4 Å².